The second kappa shape index (κ2) is 9.18. The fraction of sp³-hybridized carbons (Fsp3) is 0.421. The lowest BCUT2D eigenvalue weighted by atomic mass is 10.0. The van der Waals surface area contributed by atoms with Crippen molar-refractivity contribution in [2.45, 2.75) is 26.8 Å². The van der Waals surface area contributed by atoms with Crippen molar-refractivity contribution in [1.82, 2.24) is 14.9 Å². The van der Waals surface area contributed by atoms with E-state index >= 15 is 0 Å². The zero-order chi connectivity index (χ0) is 20.0. The average molecular weight is 373 g/mol. The highest BCUT2D eigenvalue weighted by Crippen LogP contribution is 2.24. The topological polar surface area (TPSA) is 97.3 Å². The number of benzene rings is 1. The maximum atomic E-state index is 12.6. The average Bonchev–Trinajstić information content (AvgIpc) is 3.02. The van der Waals surface area contributed by atoms with Crippen molar-refractivity contribution in [2.75, 3.05) is 24.4 Å². The van der Waals surface area contributed by atoms with Gasteiger partial charge in [-0.3, -0.25) is 4.79 Å². The van der Waals surface area contributed by atoms with Gasteiger partial charge < -0.3 is 25.3 Å². The van der Waals surface area contributed by atoms with Gasteiger partial charge in [0.05, 0.1) is 6.04 Å². The second-order valence-electron chi connectivity index (χ2n) is 6.68. The van der Waals surface area contributed by atoms with Crippen LogP contribution in [0.3, 0.4) is 0 Å². The fourth-order valence-corrected chi connectivity index (χ4v) is 2.73. The minimum absolute atomic E-state index is 0.0304. The molecule has 1 aromatic carbocycles. The number of rotatable bonds is 7. The normalized spacial score (nSPS) is 11.9. The molecule has 1 heterocycles. The number of carbonyl (C=O) groups is 2. The monoisotopic (exact) mass is 373 g/mol. The number of imidazole rings is 1. The third kappa shape index (κ3) is 5.30. The third-order valence-corrected chi connectivity index (χ3v) is 4.22. The molecule has 0 spiro atoms. The zero-order valence-corrected chi connectivity index (χ0v) is 16.4. The number of nitrogens with one attached hydrogen (secondary N) is 3. The van der Waals surface area contributed by atoms with Gasteiger partial charge in [-0.15, -0.1) is 0 Å². The summed E-state index contributed by atoms with van der Waals surface area (Å²) in [4.78, 5) is 28.6. The highest BCUT2D eigenvalue weighted by molar-refractivity contribution is 5.95. The SMILES string of the molecule is COCC(=O)Nc1cccc(NC(=O)N[C@H](c2nccn2C)C(C)C)c1C. The maximum absolute atomic E-state index is 12.6. The largest absolute Gasteiger partial charge is 0.375 e. The van der Waals surface area contributed by atoms with Gasteiger partial charge in [0.2, 0.25) is 5.91 Å². The zero-order valence-electron chi connectivity index (χ0n) is 16.4. The van der Waals surface area contributed by atoms with Crippen LogP contribution < -0.4 is 16.0 Å². The summed E-state index contributed by atoms with van der Waals surface area (Å²) >= 11 is 0. The first-order valence-corrected chi connectivity index (χ1v) is 8.76. The Kier molecular flexibility index (Phi) is 6.95. The lowest BCUT2D eigenvalue weighted by Crippen LogP contribution is -2.36. The van der Waals surface area contributed by atoms with Gasteiger partial charge in [-0.25, -0.2) is 9.78 Å². The van der Waals surface area contributed by atoms with E-state index in [1.807, 2.05) is 38.6 Å². The Labute approximate surface area is 159 Å². The van der Waals surface area contributed by atoms with E-state index in [0.29, 0.717) is 11.4 Å². The third-order valence-electron chi connectivity index (χ3n) is 4.22. The number of hydrogen-bond donors (Lipinski definition) is 3. The van der Waals surface area contributed by atoms with E-state index in [9.17, 15) is 9.59 Å². The van der Waals surface area contributed by atoms with Crippen LogP contribution in [0.2, 0.25) is 0 Å². The Morgan fingerprint density at radius 1 is 1.22 bits per heavy atom. The number of nitrogens with zero attached hydrogens (tertiary/aromatic N) is 2. The highest BCUT2D eigenvalue weighted by atomic mass is 16.5. The number of aryl methyl sites for hydroxylation is 1. The van der Waals surface area contributed by atoms with Gasteiger partial charge >= 0.3 is 6.03 Å². The van der Waals surface area contributed by atoms with Crippen molar-refractivity contribution < 1.29 is 14.3 Å². The number of anilines is 2. The minimum atomic E-state index is -0.333. The van der Waals surface area contributed by atoms with Crippen molar-refractivity contribution in [3.05, 3.63) is 42.0 Å². The molecular weight excluding hydrogens is 346 g/mol. The number of ether oxygens (including phenoxy) is 1. The summed E-state index contributed by atoms with van der Waals surface area (Å²) in [5.74, 6) is 0.701. The molecule has 0 aliphatic carbocycles. The summed E-state index contributed by atoms with van der Waals surface area (Å²) in [5.41, 5.74) is 2.00. The van der Waals surface area contributed by atoms with Crippen LogP contribution in [-0.4, -0.2) is 35.2 Å². The molecule has 1 atom stereocenters. The predicted molar refractivity (Wildman–Crippen MR) is 105 cm³/mol. The smallest absolute Gasteiger partial charge is 0.319 e. The molecule has 0 saturated heterocycles. The van der Waals surface area contributed by atoms with Gasteiger partial charge in [0.1, 0.15) is 12.4 Å². The number of carbonyl (C=O) groups excluding carboxylic acids is 2. The van der Waals surface area contributed by atoms with Gasteiger partial charge in [-0.2, -0.15) is 0 Å². The molecule has 0 radical (unpaired) electrons. The number of methoxy groups -OCH3 is 1. The number of urea groups is 1. The van der Waals surface area contributed by atoms with Crippen LogP contribution in [0, 0.1) is 12.8 Å². The first-order valence-electron chi connectivity index (χ1n) is 8.76. The summed E-state index contributed by atoms with van der Waals surface area (Å²) in [7, 11) is 3.36. The highest BCUT2D eigenvalue weighted by Gasteiger charge is 2.22. The van der Waals surface area contributed by atoms with E-state index in [0.717, 1.165) is 11.4 Å². The van der Waals surface area contributed by atoms with Gasteiger partial charge in [-0.05, 0) is 30.5 Å². The van der Waals surface area contributed by atoms with E-state index < -0.39 is 0 Å². The van der Waals surface area contributed by atoms with Crippen molar-refractivity contribution in [3.63, 3.8) is 0 Å². The molecule has 146 valence electrons. The van der Waals surface area contributed by atoms with Crippen LogP contribution in [0.1, 0.15) is 31.3 Å². The van der Waals surface area contributed by atoms with Gasteiger partial charge in [0.15, 0.2) is 0 Å². The van der Waals surface area contributed by atoms with Gasteiger partial charge in [0, 0.05) is 37.9 Å². The van der Waals surface area contributed by atoms with E-state index in [2.05, 4.69) is 20.9 Å². The van der Waals surface area contributed by atoms with E-state index in [-0.39, 0.29) is 30.5 Å². The van der Waals surface area contributed by atoms with Gasteiger partial charge in [-0.1, -0.05) is 19.9 Å². The summed E-state index contributed by atoms with van der Waals surface area (Å²) < 4.78 is 6.71. The van der Waals surface area contributed by atoms with E-state index in [1.165, 1.54) is 7.11 Å². The Morgan fingerprint density at radius 3 is 2.44 bits per heavy atom. The lowest BCUT2D eigenvalue weighted by molar-refractivity contribution is -0.119. The molecule has 1 aromatic heterocycles. The van der Waals surface area contributed by atoms with Crippen molar-refractivity contribution in [3.8, 4) is 0 Å². The predicted octanol–water partition coefficient (Wildman–Crippen LogP) is 2.83. The quantitative estimate of drug-likeness (QED) is 0.695. The van der Waals surface area contributed by atoms with Crippen molar-refractivity contribution in [2.24, 2.45) is 13.0 Å². The molecule has 27 heavy (non-hydrogen) atoms. The first-order chi connectivity index (χ1) is 12.8. The Hall–Kier alpha value is -2.87. The first kappa shape index (κ1) is 20.4. The van der Waals surface area contributed by atoms with Crippen molar-refractivity contribution >= 4 is 23.3 Å². The molecule has 2 aromatic rings. The Balaban J connectivity index is 2.11. The second-order valence-corrected chi connectivity index (χ2v) is 6.68. The molecule has 0 bridgehead atoms. The molecule has 0 unspecified atom stereocenters. The van der Waals surface area contributed by atoms with Crippen LogP contribution in [-0.2, 0) is 16.6 Å². The number of amides is 3. The summed E-state index contributed by atoms with van der Waals surface area (Å²) in [5, 5.41) is 8.59. The van der Waals surface area contributed by atoms with Crippen LogP contribution in [0.5, 0.6) is 0 Å². The molecule has 0 fully saturated rings. The molecule has 3 amide bonds. The summed E-state index contributed by atoms with van der Waals surface area (Å²) in [6, 6.07) is 4.77. The minimum Gasteiger partial charge on any atom is -0.375 e. The molecular formula is C19H27N5O3. The number of hydrogen-bond acceptors (Lipinski definition) is 4. The molecule has 0 aliphatic rings. The van der Waals surface area contributed by atoms with Gasteiger partial charge in [0.25, 0.3) is 0 Å². The number of aromatic nitrogens is 2. The summed E-state index contributed by atoms with van der Waals surface area (Å²) in [6.45, 7) is 5.85. The molecule has 3 N–H and O–H groups in total. The maximum Gasteiger partial charge on any atom is 0.319 e. The molecule has 8 nitrogen and oxygen atoms in total. The Bertz CT molecular complexity index is 800. The summed E-state index contributed by atoms with van der Waals surface area (Å²) in [6.07, 6.45) is 3.56. The molecule has 0 aliphatic heterocycles. The van der Waals surface area contributed by atoms with Crippen molar-refractivity contribution in [1.29, 1.82) is 0 Å². The Morgan fingerprint density at radius 2 is 1.89 bits per heavy atom. The van der Waals surface area contributed by atoms with Crippen LogP contribution in [0.25, 0.3) is 0 Å². The standard InChI is InChI=1S/C19H27N5O3/c1-12(2)17(18-20-9-10-24(18)4)23-19(26)22-15-8-6-7-14(13(15)3)21-16(25)11-27-5/h6-10,12,17H,11H2,1-5H3,(H,21,25)(H2,22,23,26)/t17-/m0/s1. The lowest BCUT2D eigenvalue weighted by Gasteiger charge is -2.23. The molecule has 2 rings (SSSR count). The van der Waals surface area contributed by atoms with Crippen LogP contribution in [0.15, 0.2) is 30.6 Å². The molecule has 8 heteroatoms. The van der Waals surface area contributed by atoms with Crippen LogP contribution >= 0.6 is 0 Å². The fourth-order valence-electron chi connectivity index (χ4n) is 2.73. The van der Waals surface area contributed by atoms with Crippen LogP contribution in [0.4, 0.5) is 16.2 Å². The van der Waals surface area contributed by atoms with E-state index in [1.54, 1.807) is 24.4 Å². The molecule has 0 saturated carbocycles. The van der Waals surface area contributed by atoms with E-state index in [4.69, 9.17) is 4.74 Å².